The molecule has 1 aliphatic carbocycles. The van der Waals surface area contributed by atoms with Crippen molar-refractivity contribution >= 4 is 34.9 Å². The Kier molecular flexibility index (Phi) is 10.7. The maximum absolute atomic E-state index is 14.1. The Balaban J connectivity index is 1.58. The normalized spacial score (nSPS) is 16.4. The van der Waals surface area contributed by atoms with Gasteiger partial charge in [0.2, 0.25) is 5.67 Å². The van der Waals surface area contributed by atoms with Crippen molar-refractivity contribution in [2.24, 2.45) is 11.3 Å². The number of hydrogen-bond acceptors (Lipinski definition) is 3. The highest BCUT2D eigenvalue weighted by Gasteiger charge is 2.34. The van der Waals surface area contributed by atoms with E-state index in [2.05, 4.69) is 37.5 Å². The van der Waals surface area contributed by atoms with E-state index in [1.807, 2.05) is 12.1 Å². The van der Waals surface area contributed by atoms with Gasteiger partial charge in [0.05, 0.1) is 18.7 Å². The molecule has 256 valence electrons. The van der Waals surface area contributed by atoms with Crippen LogP contribution >= 0.6 is 0 Å². The van der Waals surface area contributed by atoms with E-state index in [1.54, 1.807) is 12.1 Å². The van der Waals surface area contributed by atoms with Crippen molar-refractivity contribution < 1.29 is 41.4 Å². The molecule has 0 saturated heterocycles. The smallest absolute Gasteiger partial charge is 0.416 e. The second kappa shape index (κ2) is 14.2. The van der Waals surface area contributed by atoms with Crippen molar-refractivity contribution in [2.45, 2.75) is 65.3 Å². The summed E-state index contributed by atoms with van der Waals surface area (Å²) in [7, 11) is 0. The number of carboxylic acids is 1. The van der Waals surface area contributed by atoms with Crippen LogP contribution in [0.5, 0.6) is 0 Å². The number of amides is 3. The fourth-order valence-electron chi connectivity index (χ4n) is 5.40. The number of carbonyl (C=O) groups is 3. The zero-order valence-corrected chi connectivity index (χ0v) is 27.1. The predicted molar refractivity (Wildman–Crippen MR) is 174 cm³/mol. The van der Waals surface area contributed by atoms with E-state index in [1.165, 1.54) is 34.7 Å². The maximum atomic E-state index is 14.1. The first-order valence-corrected chi connectivity index (χ1v) is 15.4. The van der Waals surface area contributed by atoms with Crippen LogP contribution < -0.4 is 15.5 Å². The molecule has 0 bridgehead atoms. The van der Waals surface area contributed by atoms with Gasteiger partial charge >= 0.3 is 18.2 Å². The second-order valence-corrected chi connectivity index (χ2v) is 13.2. The number of halogens is 5. The fraction of sp³-hybridized carbons (Fsp3) is 0.361. The van der Waals surface area contributed by atoms with Crippen LogP contribution in [0.2, 0.25) is 0 Å². The Morgan fingerprint density at radius 3 is 2.10 bits per heavy atom. The molecule has 0 aromatic heterocycles. The van der Waals surface area contributed by atoms with Crippen LogP contribution in [0.15, 0.2) is 72.8 Å². The number of benzene rings is 3. The van der Waals surface area contributed by atoms with Crippen molar-refractivity contribution in [1.29, 1.82) is 0 Å². The van der Waals surface area contributed by atoms with Crippen LogP contribution in [0.3, 0.4) is 0 Å². The molecule has 3 N–H and O–H groups in total. The number of allylic oxidation sites excluding steroid dienone is 2. The minimum absolute atomic E-state index is 0.0912. The van der Waals surface area contributed by atoms with Gasteiger partial charge in [0.1, 0.15) is 5.82 Å². The number of nitrogens with one attached hydrogen (secondary N) is 2. The molecular formula is C36H38F5N3O4. The van der Waals surface area contributed by atoms with Crippen molar-refractivity contribution in [3.05, 3.63) is 101 Å². The molecule has 0 radical (unpaired) electrons. The molecule has 0 heterocycles. The van der Waals surface area contributed by atoms with E-state index < -0.39 is 47.7 Å². The lowest BCUT2D eigenvalue weighted by molar-refractivity contribution is -0.149. The number of nitrogens with zero attached hydrogens (tertiary/aromatic N) is 1. The van der Waals surface area contributed by atoms with Gasteiger partial charge in [-0.25, -0.2) is 18.4 Å². The molecule has 2 atom stereocenters. The van der Waals surface area contributed by atoms with E-state index >= 15 is 0 Å². The molecule has 0 aliphatic heterocycles. The van der Waals surface area contributed by atoms with Gasteiger partial charge in [-0.05, 0) is 96.7 Å². The van der Waals surface area contributed by atoms with E-state index in [9.17, 15) is 36.3 Å². The van der Waals surface area contributed by atoms with Gasteiger partial charge in [-0.2, -0.15) is 13.2 Å². The van der Waals surface area contributed by atoms with Crippen LogP contribution in [0.1, 0.15) is 74.0 Å². The first-order chi connectivity index (χ1) is 22.3. The van der Waals surface area contributed by atoms with E-state index in [0.29, 0.717) is 29.3 Å². The van der Waals surface area contributed by atoms with E-state index in [4.69, 9.17) is 5.11 Å². The number of alkyl halides is 4. The van der Waals surface area contributed by atoms with Crippen LogP contribution in [-0.2, 0) is 17.5 Å². The highest BCUT2D eigenvalue weighted by Crippen LogP contribution is 2.40. The summed E-state index contributed by atoms with van der Waals surface area (Å²) < 4.78 is 68.1. The maximum Gasteiger partial charge on any atom is 0.416 e. The lowest BCUT2D eigenvalue weighted by atomic mass is 9.72. The number of anilines is 2. The average molecular weight is 672 g/mol. The van der Waals surface area contributed by atoms with Crippen LogP contribution in [-0.4, -0.2) is 35.2 Å². The number of urea groups is 1. The van der Waals surface area contributed by atoms with Gasteiger partial charge in [-0.3, -0.25) is 9.69 Å². The van der Waals surface area contributed by atoms with Crippen molar-refractivity contribution in [2.75, 3.05) is 16.8 Å². The largest absolute Gasteiger partial charge is 0.479 e. The third-order valence-corrected chi connectivity index (χ3v) is 8.49. The minimum atomic E-state index is -4.83. The molecule has 3 amide bonds. The van der Waals surface area contributed by atoms with Gasteiger partial charge in [0, 0.05) is 16.9 Å². The average Bonchev–Trinajstić information content (AvgIpc) is 3.02. The predicted octanol–water partition coefficient (Wildman–Crippen LogP) is 8.86. The van der Waals surface area contributed by atoms with E-state index in [-0.39, 0.29) is 23.2 Å². The summed E-state index contributed by atoms with van der Waals surface area (Å²) in [6.07, 6.45) is 0.285. The van der Waals surface area contributed by atoms with Crippen molar-refractivity contribution in [3.63, 3.8) is 0 Å². The molecule has 12 heteroatoms. The number of carboxylic acid groups (broad SMARTS) is 1. The second-order valence-electron chi connectivity index (χ2n) is 13.2. The number of rotatable bonds is 9. The lowest BCUT2D eigenvalue weighted by Crippen LogP contribution is -2.43. The highest BCUT2D eigenvalue weighted by atomic mass is 19.4. The zero-order chi connectivity index (χ0) is 35.4. The Morgan fingerprint density at radius 1 is 0.917 bits per heavy atom. The summed E-state index contributed by atoms with van der Waals surface area (Å²) in [5.74, 6) is -3.04. The number of hydrogen-bond donors (Lipinski definition) is 3. The summed E-state index contributed by atoms with van der Waals surface area (Å²) in [5.41, 5.74) is -0.914. The monoisotopic (exact) mass is 671 g/mol. The Morgan fingerprint density at radius 2 is 1.56 bits per heavy atom. The lowest BCUT2D eigenvalue weighted by Gasteiger charge is -2.33. The number of aliphatic carboxylic acids is 1. The standard InChI is InChI=1S/C36H38F5N3O4/c1-34(2,3)26-13-9-23(10-14-26)24-11-15-30(16-12-24)44(33(48)43-29-18-27(36(39,40)41)17-28(37)19-29)20-22-5-7-25(8-6-22)31(45)42-21-35(4,38)32(46)47/h5-9,11-12,15-19,26H,10,13-14,20-21H2,1-4H3,(H,42,45)(H,43,48)(H,46,47). The molecule has 3 aromatic rings. The third-order valence-electron chi connectivity index (χ3n) is 8.49. The van der Waals surface area contributed by atoms with Crippen LogP contribution in [0.4, 0.5) is 38.1 Å². The molecule has 7 nitrogen and oxygen atoms in total. The molecule has 48 heavy (non-hydrogen) atoms. The Bertz CT molecular complexity index is 1680. The van der Waals surface area contributed by atoms with Gasteiger partial charge in [0.25, 0.3) is 5.91 Å². The van der Waals surface area contributed by atoms with Crippen molar-refractivity contribution in [1.82, 2.24) is 5.32 Å². The summed E-state index contributed by atoms with van der Waals surface area (Å²) in [6.45, 7) is 6.66. The minimum Gasteiger partial charge on any atom is -0.479 e. The van der Waals surface area contributed by atoms with Crippen LogP contribution in [0, 0.1) is 17.2 Å². The SMILES string of the molecule is CC(F)(CNC(=O)c1ccc(CN(C(=O)Nc2cc(F)cc(C(F)(F)F)c2)c2ccc(C3=CCC(C(C)(C)C)CC3)cc2)cc1)C(=O)O. The molecule has 0 fully saturated rings. The molecular weight excluding hydrogens is 633 g/mol. The van der Waals surface area contributed by atoms with Gasteiger partial charge in [0.15, 0.2) is 0 Å². The van der Waals surface area contributed by atoms with Gasteiger partial charge in [-0.15, -0.1) is 0 Å². The topological polar surface area (TPSA) is 98.7 Å². The van der Waals surface area contributed by atoms with Gasteiger partial charge in [-0.1, -0.05) is 51.1 Å². The summed E-state index contributed by atoms with van der Waals surface area (Å²) in [4.78, 5) is 38.3. The first-order valence-electron chi connectivity index (χ1n) is 15.4. The summed E-state index contributed by atoms with van der Waals surface area (Å²) >= 11 is 0. The highest BCUT2D eigenvalue weighted by molar-refractivity contribution is 6.02. The van der Waals surface area contributed by atoms with Gasteiger partial charge < -0.3 is 15.7 Å². The molecule has 3 aromatic carbocycles. The molecule has 0 spiro atoms. The van der Waals surface area contributed by atoms with Crippen LogP contribution in [0.25, 0.3) is 5.57 Å². The summed E-state index contributed by atoms with van der Waals surface area (Å²) in [5, 5.41) is 13.5. The summed E-state index contributed by atoms with van der Waals surface area (Å²) in [6, 6.07) is 14.0. The molecule has 1 aliphatic rings. The number of carbonyl (C=O) groups excluding carboxylic acids is 2. The molecule has 0 saturated carbocycles. The fourth-order valence-corrected chi connectivity index (χ4v) is 5.40. The Hall–Kier alpha value is -4.74. The van der Waals surface area contributed by atoms with E-state index in [0.717, 1.165) is 37.8 Å². The Labute approximate surface area is 275 Å². The molecule has 2 unspecified atom stereocenters. The molecule has 4 rings (SSSR count). The first kappa shape index (κ1) is 36.1. The quantitative estimate of drug-likeness (QED) is 0.198. The zero-order valence-electron chi connectivity index (χ0n) is 27.1. The third kappa shape index (κ3) is 9.20. The van der Waals surface area contributed by atoms with Crippen molar-refractivity contribution in [3.8, 4) is 0 Å².